The Balaban J connectivity index is 4.09. The van der Waals surface area contributed by atoms with Crippen molar-refractivity contribution in [2.45, 2.75) is 40.7 Å². The van der Waals surface area contributed by atoms with Crippen LogP contribution in [0.25, 0.3) is 0 Å². The lowest BCUT2D eigenvalue weighted by Gasteiger charge is -2.30. The Morgan fingerprint density at radius 3 is 1.36 bits per heavy atom. The molecule has 0 aliphatic heterocycles. The maximum absolute atomic E-state index is 5.47. The molecule has 0 aromatic rings. The van der Waals surface area contributed by atoms with Crippen molar-refractivity contribution in [3.05, 3.63) is 0 Å². The summed E-state index contributed by atoms with van der Waals surface area (Å²) in [6.45, 7) is 11.3. The van der Waals surface area contributed by atoms with Crippen LogP contribution in [0.15, 0.2) is 0 Å². The van der Waals surface area contributed by atoms with Gasteiger partial charge in [-0.05, 0) is 24.7 Å². The molecule has 0 bridgehead atoms. The van der Waals surface area contributed by atoms with E-state index in [4.69, 9.17) is 4.43 Å². The molecule has 0 rings (SSSR count). The lowest BCUT2D eigenvalue weighted by Crippen LogP contribution is -2.29. The van der Waals surface area contributed by atoms with Crippen LogP contribution >= 0.6 is 0 Å². The fourth-order valence-electron chi connectivity index (χ4n) is 2.01. The van der Waals surface area contributed by atoms with Gasteiger partial charge in [0.1, 0.15) is 10.5 Å². The topological polar surface area (TPSA) is 9.23 Å². The van der Waals surface area contributed by atoms with Crippen molar-refractivity contribution < 1.29 is 4.43 Å². The minimum Gasteiger partial charge on any atom is -0.425 e. The lowest BCUT2D eigenvalue weighted by molar-refractivity contribution is 0.0968. The van der Waals surface area contributed by atoms with Crippen LogP contribution in [0.3, 0.4) is 0 Å². The zero-order valence-corrected chi connectivity index (χ0v) is 10.7. The molecule has 2 heteroatoms. The summed E-state index contributed by atoms with van der Waals surface area (Å²) in [5.41, 5.74) is 0. The first-order valence-corrected chi connectivity index (χ1v) is 5.35. The summed E-state index contributed by atoms with van der Waals surface area (Å²) in [6.07, 6.45) is 0.446. The molecule has 0 aliphatic carbocycles. The van der Waals surface area contributed by atoms with Crippen molar-refractivity contribution >= 4 is 10.5 Å². The standard InChI is InChI=1S/C9H22OSi/c1-6(2)9(7(3)4)8(5)10-11/h6-9H,1-5,11H3. The Kier molecular flexibility index (Phi) is 5.02. The number of hydrogen-bond acceptors (Lipinski definition) is 1. The molecule has 0 saturated heterocycles. The fourth-order valence-corrected chi connectivity index (χ4v) is 2.33. The first-order chi connectivity index (χ1) is 5.00. The van der Waals surface area contributed by atoms with Crippen LogP contribution in [0.4, 0.5) is 0 Å². The van der Waals surface area contributed by atoms with E-state index in [0.717, 1.165) is 22.3 Å². The monoisotopic (exact) mass is 174 g/mol. The quantitative estimate of drug-likeness (QED) is 0.588. The van der Waals surface area contributed by atoms with Crippen LogP contribution in [0.1, 0.15) is 34.6 Å². The van der Waals surface area contributed by atoms with E-state index < -0.39 is 0 Å². The van der Waals surface area contributed by atoms with Crippen LogP contribution in [0.2, 0.25) is 0 Å². The van der Waals surface area contributed by atoms with Gasteiger partial charge < -0.3 is 4.43 Å². The highest BCUT2D eigenvalue weighted by atomic mass is 28.2. The molecule has 0 fully saturated rings. The van der Waals surface area contributed by atoms with Gasteiger partial charge in [-0.3, -0.25) is 0 Å². The molecular formula is C9H22OSi. The van der Waals surface area contributed by atoms with Crippen LogP contribution in [-0.4, -0.2) is 16.6 Å². The van der Waals surface area contributed by atoms with Gasteiger partial charge in [-0.1, -0.05) is 27.7 Å². The summed E-state index contributed by atoms with van der Waals surface area (Å²) in [7, 11) is 0.862. The summed E-state index contributed by atoms with van der Waals surface area (Å²) in [5.74, 6) is 2.19. The predicted octanol–water partition coefficient (Wildman–Crippen LogP) is 1.60. The lowest BCUT2D eigenvalue weighted by atomic mass is 9.82. The van der Waals surface area contributed by atoms with E-state index in [-0.39, 0.29) is 0 Å². The minimum absolute atomic E-state index is 0.446. The van der Waals surface area contributed by atoms with Gasteiger partial charge in [0, 0.05) is 6.10 Å². The summed E-state index contributed by atoms with van der Waals surface area (Å²) >= 11 is 0. The van der Waals surface area contributed by atoms with Crippen LogP contribution in [-0.2, 0) is 4.43 Å². The van der Waals surface area contributed by atoms with Gasteiger partial charge in [0.25, 0.3) is 0 Å². The Hall–Kier alpha value is 0.177. The highest BCUT2D eigenvalue weighted by molar-refractivity contribution is 5.98. The second kappa shape index (κ2) is 4.94. The molecule has 0 aromatic heterocycles. The Bertz CT molecular complexity index is 93.7. The summed E-state index contributed by atoms with van der Waals surface area (Å²) in [6, 6.07) is 0. The molecule has 68 valence electrons. The SMILES string of the molecule is CC(C)C(C(C)C)C(C)O[SiH3]. The average molecular weight is 174 g/mol. The molecule has 0 N–H and O–H groups in total. The van der Waals surface area contributed by atoms with Crippen molar-refractivity contribution in [1.29, 1.82) is 0 Å². The molecule has 0 amide bonds. The van der Waals surface area contributed by atoms with Crippen molar-refractivity contribution in [2.75, 3.05) is 0 Å². The van der Waals surface area contributed by atoms with Crippen molar-refractivity contribution in [3.63, 3.8) is 0 Å². The fraction of sp³-hybridized carbons (Fsp3) is 1.00. The summed E-state index contributed by atoms with van der Waals surface area (Å²) < 4.78 is 5.47. The van der Waals surface area contributed by atoms with Gasteiger partial charge in [-0.2, -0.15) is 0 Å². The molecule has 0 radical (unpaired) electrons. The third kappa shape index (κ3) is 3.39. The molecule has 1 nitrogen and oxygen atoms in total. The molecule has 0 heterocycles. The van der Waals surface area contributed by atoms with Crippen molar-refractivity contribution in [3.8, 4) is 0 Å². The van der Waals surface area contributed by atoms with E-state index in [1.165, 1.54) is 0 Å². The normalized spacial score (nSPS) is 15.3. The van der Waals surface area contributed by atoms with Gasteiger partial charge in [0.05, 0.1) is 0 Å². The second-order valence-electron chi connectivity index (χ2n) is 4.01. The second-order valence-corrected chi connectivity index (χ2v) is 4.48. The van der Waals surface area contributed by atoms with E-state index in [2.05, 4.69) is 34.6 Å². The first kappa shape index (κ1) is 11.2. The minimum atomic E-state index is 0.446. The molecule has 1 unspecified atom stereocenters. The van der Waals surface area contributed by atoms with Crippen molar-refractivity contribution in [2.24, 2.45) is 17.8 Å². The Morgan fingerprint density at radius 1 is 0.909 bits per heavy atom. The number of rotatable bonds is 4. The zero-order chi connectivity index (χ0) is 9.02. The van der Waals surface area contributed by atoms with Gasteiger partial charge in [0.2, 0.25) is 0 Å². The van der Waals surface area contributed by atoms with Crippen LogP contribution in [0, 0.1) is 17.8 Å². The molecular weight excluding hydrogens is 152 g/mol. The zero-order valence-electron chi connectivity index (χ0n) is 8.72. The van der Waals surface area contributed by atoms with Crippen LogP contribution < -0.4 is 0 Å². The van der Waals surface area contributed by atoms with E-state index >= 15 is 0 Å². The van der Waals surface area contributed by atoms with E-state index in [0.29, 0.717) is 12.0 Å². The third-order valence-electron chi connectivity index (χ3n) is 2.45. The van der Waals surface area contributed by atoms with E-state index in [9.17, 15) is 0 Å². The van der Waals surface area contributed by atoms with Crippen molar-refractivity contribution in [1.82, 2.24) is 0 Å². The Labute approximate surface area is 74.1 Å². The molecule has 0 aromatic carbocycles. The third-order valence-corrected chi connectivity index (χ3v) is 3.20. The highest BCUT2D eigenvalue weighted by Crippen LogP contribution is 2.25. The van der Waals surface area contributed by atoms with Gasteiger partial charge in [-0.15, -0.1) is 0 Å². The molecule has 0 aliphatic rings. The van der Waals surface area contributed by atoms with Gasteiger partial charge in [0.15, 0.2) is 0 Å². The summed E-state index contributed by atoms with van der Waals surface area (Å²) in [5, 5.41) is 0. The summed E-state index contributed by atoms with van der Waals surface area (Å²) in [4.78, 5) is 0. The maximum Gasteiger partial charge on any atom is 0.146 e. The van der Waals surface area contributed by atoms with Gasteiger partial charge >= 0.3 is 0 Å². The Morgan fingerprint density at radius 2 is 1.27 bits per heavy atom. The van der Waals surface area contributed by atoms with Crippen LogP contribution in [0.5, 0.6) is 0 Å². The largest absolute Gasteiger partial charge is 0.425 e. The molecule has 11 heavy (non-hydrogen) atoms. The molecule has 0 spiro atoms. The average Bonchev–Trinajstić information content (AvgIpc) is 1.85. The smallest absolute Gasteiger partial charge is 0.146 e. The van der Waals surface area contributed by atoms with E-state index in [1.807, 2.05) is 0 Å². The number of hydrogen-bond donors (Lipinski definition) is 0. The highest BCUT2D eigenvalue weighted by Gasteiger charge is 2.23. The van der Waals surface area contributed by atoms with E-state index in [1.54, 1.807) is 0 Å². The molecule has 1 atom stereocenters. The molecule has 0 saturated carbocycles. The first-order valence-electron chi connectivity index (χ1n) is 4.53. The maximum atomic E-state index is 5.47. The van der Waals surface area contributed by atoms with Gasteiger partial charge in [-0.25, -0.2) is 0 Å². The predicted molar refractivity (Wildman–Crippen MR) is 53.7 cm³/mol.